The van der Waals surface area contributed by atoms with E-state index >= 15 is 0 Å². The lowest BCUT2D eigenvalue weighted by Crippen LogP contribution is -2.20. The SMILES string of the molecule is Nc1ccc(CCNCCO)o1. The number of rotatable bonds is 5. The Kier molecular flexibility index (Phi) is 3.63. The highest BCUT2D eigenvalue weighted by atomic mass is 16.3. The van der Waals surface area contributed by atoms with Crippen LogP contribution < -0.4 is 11.1 Å². The highest BCUT2D eigenvalue weighted by molar-refractivity contribution is 5.25. The minimum Gasteiger partial charge on any atom is -0.446 e. The second-order valence-corrected chi connectivity index (χ2v) is 2.53. The van der Waals surface area contributed by atoms with Gasteiger partial charge in [0.25, 0.3) is 0 Å². The molecule has 0 aliphatic heterocycles. The Balaban J connectivity index is 2.15. The largest absolute Gasteiger partial charge is 0.446 e. The van der Waals surface area contributed by atoms with E-state index in [1.165, 1.54) is 0 Å². The summed E-state index contributed by atoms with van der Waals surface area (Å²) in [5.74, 6) is 1.32. The Morgan fingerprint density at radius 1 is 1.42 bits per heavy atom. The molecule has 4 N–H and O–H groups in total. The van der Waals surface area contributed by atoms with Crippen molar-refractivity contribution in [2.24, 2.45) is 0 Å². The predicted molar refractivity (Wildman–Crippen MR) is 46.8 cm³/mol. The first-order chi connectivity index (χ1) is 5.83. The summed E-state index contributed by atoms with van der Waals surface area (Å²) in [6.07, 6.45) is 0.803. The zero-order valence-corrected chi connectivity index (χ0v) is 6.92. The zero-order chi connectivity index (χ0) is 8.81. The molecule has 0 atom stereocenters. The number of aliphatic hydroxyl groups excluding tert-OH is 1. The molecule has 0 aliphatic rings. The van der Waals surface area contributed by atoms with Gasteiger partial charge in [-0.3, -0.25) is 0 Å². The van der Waals surface area contributed by atoms with Crippen LogP contribution in [0.2, 0.25) is 0 Å². The van der Waals surface area contributed by atoms with Gasteiger partial charge in [0.05, 0.1) is 6.61 Å². The Labute approximate surface area is 71.4 Å². The van der Waals surface area contributed by atoms with Crippen molar-refractivity contribution in [2.45, 2.75) is 6.42 Å². The topological polar surface area (TPSA) is 71.4 Å². The summed E-state index contributed by atoms with van der Waals surface area (Å²) in [6, 6.07) is 3.59. The number of nitrogens with one attached hydrogen (secondary N) is 1. The molecule has 0 fully saturated rings. The molecule has 4 heteroatoms. The molecule has 1 rings (SSSR count). The van der Waals surface area contributed by atoms with Gasteiger partial charge >= 0.3 is 0 Å². The Hall–Kier alpha value is -1.00. The van der Waals surface area contributed by atoms with E-state index in [1.807, 2.05) is 6.07 Å². The Bertz CT molecular complexity index is 223. The molecule has 0 bridgehead atoms. The third kappa shape index (κ3) is 2.94. The van der Waals surface area contributed by atoms with E-state index < -0.39 is 0 Å². The summed E-state index contributed by atoms with van der Waals surface area (Å²) in [5, 5.41) is 11.5. The average Bonchev–Trinajstić information content (AvgIpc) is 2.45. The average molecular weight is 170 g/mol. The lowest BCUT2D eigenvalue weighted by molar-refractivity contribution is 0.292. The van der Waals surface area contributed by atoms with Gasteiger partial charge in [0.1, 0.15) is 5.76 Å². The van der Waals surface area contributed by atoms with Crippen molar-refractivity contribution in [1.82, 2.24) is 5.32 Å². The van der Waals surface area contributed by atoms with Gasteiger partial charge in [-0.25, -0.2) is 0 Å². The molecule has 0 aliphatic carbocycles. The summed E-state index contributed by atoms with van der Waals surface area (Å²) in [7, 11) is 0. The van der Waals surface area contributed by atoms with E-state index in [9.17, 15) is 0 Å². The van der Waals surface area contributed by atoms with Crippen LogP contribution in [0.4, 0.5) is 5.88 Å². The van der Waals surface area contributed by atoms with Gasteiger partial charge in [0.15, 0.2) is 5.88 Å². The van der Waals surface area contributed by atoms with Crippen molar-refractivity contribution in [3.8, 4) is 0 Å². The maximum atomic E-state index is 8.46. The number of aliphatic hydroxyl groups is 1. The van der Waals surface area contributed by atoms with E-state index in [0.717, 1.165) is 18.7 Å². The second kappa shape index (κ2) is 4.79. The van der Waals surface area contributed by atoms with Crippen molar-refractivity contribution in [1.29, 1.82) is 0 Å². The molecule has 1 heterocycles. The third-order valence-corrected chi connectivity index (χ3v) is 1.52. The molecule has 68 valence electrons. The number of furan rings is 1. The maximum Gasteiger partial charge on any atom is 0.190 e. The van der Waals surface area contributed by atoms with Crippen molar-refractivity contribution in [3.63, 3.8) is 0 Å². The van der Waals surface area contributed by atoms with E-state index in [2.05, 4.69) is 5.32 Å². The number of nitrogens with two attached hydrogens (primary N) is 1. The van der Waals surface area contributed by atoms with Gasteiger partial charge in [-0.2, -0.15) is 0 Å². The van der Waals surface area contributed by atoms with Crippen LogP contribution in [0.15, 0.2) is 16.5 Å². The number of nitrogen functional groups attached to an aromatic ring is 1. The highest BCUT2D eigenvalue weighted by Gasteiger charge is 1.97. The maximum absolute atomic E-state index is 8.46. The van der Waals surface area contributed by atoms with Gasteiger partial charge in [-0.15, -0.1) is 0 Å². The number of hydrogen-bond acceptors (Lipinski definition) is 4. The monoisotopic (exact) mass is 170 g/mol. The second-order valence-electron chi connectivity index (χ2n) is 2.53. The summed E-state index contributed by atoms with van der Waals surface area (Å²) in [6.45, 7) is 1.59. The molecule has 0 radical (unpaired) electrons. The first-order valence-electron chi connectivity index (χ1n) is 3.98. The van der Waals surface area contributed by atoms with Crippen LogP contribution in [-0.2, 0) is 6.42 Å². The lowest BCUT2D eigenvalue weighted by Gasteiger charge is -1.99. The molecule has 4 nitrogen and oxygen atoms in total. The summed E-state index contributed by atoms with van der Waals surface area (Å²) < 4.78 is 5.14. The molecular formula is C8H14N2O2. The fraction of sp³-hybridized carbons (Fsp3) is 0.500. The van der Waals surface area contributed by atoms with Crippen LogP contribution in [0.25, 0.3) is 0 Å². The number of hydrogen-bond donors (Lipinski definition) is 3. The van der Waals surface area contributed by atoms with Crippen LogP contribution in [0.5, 0.6) is 0 Å². The van der Waals surface area contributed by atoms with Crippen molar-refractivity contribution in [3.05, 3.63) is 17.9 Å². The minimum atomic E-state index is 0.167. The summed E-state index contributed by atoms with van der Waals surface area (Å²) in [4.78, 5) is 0. The molecule has 0 saturated carbocycles. The van der Waals surface area contributed by atoms with E-state index in [-0.39, 0.29) is 6.61 Å². The molecule has 0 aromatic carbocycles. The molecule has 1 aromatic heterocycles. The van der Waals surface area contributed by atoms with Crippen molar-refractivity contribution >= 4 is 5.88 Å². The molecule has 1 aromatic rings. The smallest absolute Gasteiger partial charge is 0.190 e. The molecule has 0 unspecified atom stereocenters. The molecule has 12 heavy (non-hydrogen) atoms. The number of anilines is 1. The predicted octanol–water partition coefficient (Wildman–Crippen LogP) is -0.0138. The lowest BCUT2D eigenvalue weighted by atomic mass is 10.3. The van der Waals surface area contributed by atoms with Crippen molar-refractivity contribution < 1.29 is 9.52 Å². The molecular weight excluding hydrogens is 156 g/mol. The molecule has 0 amide bonds. The van der Waals surface area contributed by atoms with Crippen LogP contribution in [0.1, 0.15) is 5.76 Å². The van der Waals surface area contributed by atoms with Crippen molar-refractivity contribution in [2.75, 3.05) is 25.4 Å². The highest BCUT2D eigenvalue weighted by Crippen LogP contribution is 2.08. The van der Waals surface area contributed by atoms with Gasteiger partial charge in [0, 0.05) is 25.6 Å². The molecule has 0 saturated heterocycles. The van der Waals surface area contributed by atoms with Gasteiger partial charge in [-0.05, 0) is 6.07 Å². The Morgan fingerprint density at radius 3 is 2.83 bits per heavy atom. The van der Waals surface area contributed by atoms with E-state index in [4.69, 9.17) is 15.3 Å². The fourth-order valence-corrected chi connectivity index (χ4v) is 0.945. The summed E-state index contributed by atoms with van der Waals surface area (Å²) in [5.41, 5.74) is 5.38. The standard InChI is InChI=1S/C8H14N2O2/c9-8-2-1-7(12-8)3-4-10-5-6-11/h1-2,10-11H,3-6,9H2. The first-order valence-corrected chi connectivity index (χ1v) is 3.98. The van der Waals surface area contributed by atoms with Crippen LogP contribution >= 0.6 is 0 Å². The zero-order valence-electron chi connectivity index (χ0n) is 6.92. The first kappa shape index (κ1) is 9.09. The van der Waals surface area contributed by atoms with Crippen LogP contribution in [-0.4, -0.2) is 24.8 Å². The fourth-order valence-electron chi connectivity index (χ4n) is 0.945. The van der Waals surface area contributed by atoms with E-state index in [1.54, 1.807) is 6.07 Å². The summed E-state index contributed by atoms with van der Waals surface area (Å²) >= 11 is 0. The van der Waals surface area contributed by atoms with Gasteiger partial charge < -0.3 is 20.6 Å². The van der Waals surface area contributed by atoms with E-state index in [0.29, 0.717) is 12.4 Å². The Morgan fingerprint density at radius 2 is 2.25 bits per heavy atom. The normalized spacial score (nSPS) is 10.4. The third-order valence-electron chi connectivity index (χ3n) is 1.52. The van der Waals surface area contributed by atoms with Crippen LogP contribution in [0.3, 0.4) is 0 Å². The quantitative estimate of drug-likeness (QED) is 0.543. The molecule has 0 spiro atoms. The van der Waals surface area contributed by atoms with Gasteiger partial charge in [-0.1, -0.05) is 0 Å². The van der Waals surface area contributed by atoms with Gasteiger partial charge in [0.2, 0.25) is 0 Å². The minimum absolute atomic E-state index is 0.167. The van der Waals surface area contributed by atoms with Crippen LogP contribution in [0, 0.1) is 0 Å².